The fourth-order valence-electron chi connectivity index (χ4n) is 2.35. The van der Waals surface area contributed by atoms with Gasteiger partial charge in [0.05, 0.1) is 4.90 Å². The lowest BCUT2D eigenvalue weighted by molar-refractivity contribution is -0.116. The maximum absolute atomic E-state index is 12.3. The molecule has 0 aliphatic rings. The second kappa shape index (κ2) is 8.13. The standard InChI is InChI=1S/C18H23N3O3S/c1-3-4-14-5-7-15(8-6-14)20-13(2)18(22)21-16-9-11-17(12-10-16)25(19,23)24/h5-13,20H,3-4H2,1-2H3,(H,21,22)(H2,19,23,24)/t13-/m1/s1. The number of primary sulfonamides is 1. The van der Waals surface area contributed by atoms with Crippen molar-refractivity contribution in [2.75, 3.05) is 10.6 Å². The van der Waals surface area contributed by atoms with Gasteiger partial charge in [0.25, 0.3) is 0 Å². The summed E-state index contributed by atoms with van der Waals surface area (Å²) in [4.78, 5) is 12.3. The van der Waals surface area contributed by atoms with Gasteiger partial charge in [-0.25, -0.2) is 13.6 Å². The molecule has 1 amide bonds. The summed E-state index contributed by atoms with van der Waals surface area (Å²) in [6, 6.07) is 13.3. The van der Waals surface area contributed by atoms with E-state index in [0.29, 0.717) is 5.69 Å². The van der Waals surface area contributed by atoms with Crippen LogP contribution in [-0.4, -0.2) is 20.4 Å². The molecule has 0 aliphatic carbocycles. The van der Waals surface area contributed by atoms with Gasteiger partial charge in [-0.15, -0.1) is 0 Å². The molecule has 0 saturated carbocycles. The van der Waals surface area contributed by atoms with E-state index in [-0.39, 0.29) is 10.8 Å². The van der Waals surface area contributed by atoms with E-state index in [9.17, 15) is 13.2 Å². The Morgan fingerprint density at radius 1 is 1.04 bits per heavy atom. The highest BCUT2D eigenvalue weighted by Gasteiger charge is 2.13. The lowest BCUT2D eigenvalue weighted by atomic mass is 10.1. The molecule has 0 fully saturated rings. The Labute approximate surface area is 148 Å². The van der Waals surface area contributed by atoms with Crippen LogP contribution < -0.4 is 15.8 Å². The first-order valence-corrected chi connectivity index (χ1v) is 9.63. The van der Waals surface area contributed by atoms with Gasteiger partial charge in [-0.2, -0.15) is 0 Å². The van der Waals surface area contributed by atoms with Gasteiger partial charge in [0.2, 0.25) is 15.9 Å². The summed E-state index contributed by atoms with van der Waals surface area (Å²) in [7, 11) is -3.74. The topological polar surface area (TPSA) is 101 Å². The van der Waals surface area contributed by atoms with Crippen LogP contribution in [0.1, 0.15) is 25.8 Å². The number of nitrogens with one attached hydrogen (secondary N) is 2. The van der Waals surface area contributed by atoms with Crippen molar-refractivity contribution in [3.63, 3.8) is 0 Å². The molecule has 2 aromatic rings. The van der Waals surface area contributed by atoms with E-state index < -0.39 is 16.1 Å². The Hall–Kier alpha value is -2.38. The highest BCUT2D eigenvalue weighted by molar-refractivity contribution is 7.89. The number of rotatable bonds is 7. The fourth-order valence-corrected chi connectivity index (χ4v) is 2.87. The van der Waals surface area contributed by atoms with Gasteiger partial charge in [0.15, 0.2) is 0 Å². The summed E-state index contributed by atoms with van der Waals surface area (Å²) in [5.41, 5.74) is 2.64. The predicted octanol–water partition coefficient (Wildman–Crippen LogP) is 2.73. The maximum atomic E-state index is 12.3. The Morgan fingerprint density at radius 3 is 2.12 bits per heavy atom. The van der Waals surface area contributed by atoms with E-state index in [1.54, 1.807) is 6.92 Å². The minimum absolute atomic E-state index is 0.00356. The molecule has 0 radical (unpaired) electrons. The average Bonchev–Trinajstić information content (AvgIpc) is 2.56. The molecule has 2 aromatic carbocycles. The van der Waals surface area contributed by atoms with Gasteiger partial charge in [-0.05, 0) is 55.3 Å². The van der Waals surface area contributed by atoms with E-state index >= 15 is 0 Å². The first-order valence-electron chi connectivity index (χ1n) is 8.09. The first kappa shape index (κ1) is 19.0. The van der Waals surface area contributed by atoms with Crippen LogP contribution in [-0.2, 0) is 21.2 Å². The van der Waals surface area contributed by atoms with Gasteiger partial charge in [-0.1, -0.05) is 25.5 Å². The molecule has 0 aromatic heterocycles. The van der Waals surface area contributed by atoms with E-state index in [2.05, 4.69) is 17.6 Å². The van der Waals surface area contributed by atoms with E-state index in [0.717, 1.165) is 18.5 Å². The van der Waals surface area contributed by atoms with Crippen molar-refractivity contribution in [3.05, 3.63) is 54.1 Å². The number of hydrogen-bond donors (Lipinski definition) is 3. The smallest absolute Gasteiger partial charge is 0.246 e. The van der Waals surface area contributed by atoms with Crippen LogP contribution in [0.5, 0.6) is 0 Å². The lowest BCUT2D eigenvalue weighted by Gasteiger charge is -2.16. The SMILES string of the molecule is CCCc1ccc(N[C@H](C)C(=O)Nc2ccc(S(N)(=O)=O)cc2)cc1. The molecule has 0 heterocycles. The number of carbonyl (C=O) groups excluding carboxylic acids is 1. The van der Waals surface area contributed by atoms with Crippen molar-refractivity contribution in [1.29, 1.82) is 0 Å². The second-order valence-corrected chi connectivity index (χ2v) is 7.43. The van der Waals surface area contributed by atoms with Crippen molar-refractivity contribution in [2.24, 2.45) is 5.14 Å². The van der Waals surface area contributed by atoms with Gasteiger partial charge in [0.1, 0.15) is 6.04 Å². The highest BCUT2D eigenvalue weighted by atomic mass is 32.2. The third-order valence-corrected chi connectivity index (χ3v) is 4.65. The highest BCUT2D eigenvalue weighted by Crippen LogP contribution is 2.15. The van der Waals surface area contributed by atoms with E-state index in [4.69, 9.17) is 5.14 Å². The summed E-state index contributed by atoms with van der Waals surface area (Å²) in [6.07, 6.45) is 2.13. The number of nitrogens with two attached hydrogens (primary N) is 1. The Morgan fingerprint density at radius 2 is 1.60 bits per heavy atom. The molecule has 0 saturated heterocycles. The number of amides is 1. The summed E-state index contributed by atoms with van der Waals surface area (Å²) in [5, 5.41) is 10.9. The van der Waals surface area contributed by atoms with Crippen LogP contribution in [0.3, 0.4) is 0 Å². The third kappa shape index (κ3) is 5.58. The lowest BCUT2D eigenvalue weighted by Crippen LogP contribution is -2.31. The zero-order valence-corrected chi connectivity index (χ0v) is 15.1. The number of benzene rings is 2. The van der Waals surface area contributed by atoms with Crippen LogP contribution in [0.2, 0.25) is 0 Å². The van der Waals surface area contributed by atoms with Crippen molar-refractivity contribution in [2.45, 2.75) is 37.6 Å². The monoisotopic (exact) mass is 361 g/mol. The molecule has 4 N–H and O–H groups in total. The summed E-state index contributed by atoms with van der Waals surface area (Å²) >= 11 is 0. The normalized spacial score (nSPS) is 12.4. The quantitative estimate of drug-likeness (QED) is 0.706. The zero-order valence-electron chi connectivity index (χ0n) is 14.3. The molecule has 0 unspecified atom stereocenters. The molecule has 6 nitrogen and oxygen atoms in total. The predicted molar refractivity (Wildman–Crippen MR) is 100.0 cm³/mol. The molecule has 7 heteroatoms. The van der Waals surface area contributed by atoms with Crippen LogP contribution in [0.25, 0.3) is 0 Å². The number of aryl methyl sites for hydroxylation is 1. The minimum atomic E-state index is -3.74. The number of sulfonamides is 1. The molecule has 0 bridgehead atoms. The fraction of sp³-hybridized carbons (Fsp3) is 0.278. The van der Waals surface area contributed by atoms with Crippen LogP contribution >= 0.6 is 0 Å². The minimum Gasteiger partial charge on any atom is -0.374 e. The van der Waals surface area contributed by atoms with Gasteiger partial charge in [-0.3, -0.25) is 4.79 Å². The van der Waals surface area contributed by atoms with Crippen LogP contribution in [0.4, 0.5) is 11.4 Å². The number of carbonyl (C=O) groups is 1. The van der Waals surface area contributed by atoms with Crippen molar-refractivity contribution in [3.8, 4) is 0 Å². The van der Waals surface area contributed by atoms with Crippen LogP contribution in [0, 0.1) is 0 Å². The zero-order chi connectivity index (χ0) is 18.4. The third-order valence-electron chi connectivity index (χ3n) is 3.72. The molecular weight excluding hydrogens is 338 g/mol. The summed E-state index contributed by atoms with van der Waals surface area (Å²) in [6.45, 7) is 3.89. The van der Waals surface area contributed by atoms with Gasteiger partial charge in [0, 0.05) is 11.4 Å². The Bertz CT molecular complexity index is 816. The van der Waals surface area contributed by atoms with Gasteiger partial charge < -0.3 is 10.6 Å². The molecule has 0 spiro atoms. The maximum Gasteiger partial charge on any atom is 0.246 e. The molecule has 2 rings (SSSR count). The summed E-state index contributed by atoms with van der Waals surface area (Å²) < 4.78 is 22.4. The average molecular weight is 361 g/mol. The Balaban J connectivity index is 1.95. The molecule has 1 atom stereocenters. The number of hydrogen-bond acceptors (Lipinski definition) is 4. The van der Waals surface area contributed by atoms with E-state index in [1.807, 2.05) is 24.3 Å². The molecule has 134 valence electrons. The first-order chi connectivity index (χ1) is 11.8. The Kier molecular flexibility index (Phi) is 6.17. The van der Waals surface area contributed by atoms with E-state index in [1.165, 1.54) is 29.8 Å². The van der Waals surface area contributed by atoms with Crippen molar-refractivity contribution >= 4 is 27.3 Å². The van der Waals surface area contributed by atoms with Crippen LogP contribution in [0.15, 0.2) is 53.4 Å². The largest absolute Gasteiger partial charge is 0.374 e. The van der Waals surface area contributed by atoms with Crippen molar-refractivity contribution in [1.82, 2.24) is 0 Å². The molecular formula is C18H23N3O3S. The van der Waals surface area contributed by atoms with Gasteiger partial charge >= 0.3 is 0 Å². The summed E-state index contributed by atoms with van der Waals surface area (Å²) in [5.74, 6) is -0.221. The number of anilines is 2. The molecule has 25 heavy (non-hydrogen) atoms. The molecule has 0 aliphatic heterocycles. The second-order valence-electron chi connectivity index (χ2n) is 5.87. The van der Waals surface area contributed by atoms with Crippen molar-refractivity contribution < 1.29 is 13.2 Å².